The van der Waals surface area contributed by atoms with Gasteiger partial charge in [0.05, 0.1) is 17.6 Å². The van der Waals surface area contributed by atoms with Crippen molar-refractivity contribution in [3.8, 4) is 17.0 Å². The van der Waals surface area contributed by atoms with E-state index in [0.717, 1.165) is 42.6 Å². The topological polar surface area (TPSA) is 52.1 Å². The molecular weight excluding hydrogens is 372 g/mol. The minimum atomic E-state index is -0.147. The van der Waals surface area contributed by atoms with Crippen LogP contribution in [0.2, 0.25) is 0 Å². The van der Waals surface area contributed by atoms with Gasteiger partial charge in [0.25, 0.3) is 0 Å². The first kappa shape index (κ1) is 24.0. The molecule has 2 rings (SSSR count). The van der Waals surface area contributed by atoms with Gasteiger partial charge in [0.15, 0.2) is 0 Å². The van der Waals surface area contributed by atoms with Crippen molar-refractivity contribution in [3.63, 3.8) is 0 Å². The van der Waals surface area contributed by atoms with E-state index in [4.69, 9.17) is 4.74 Å². The van der Waals surface area contributed by atoms with Crippen LogP contribution in [0.5, 0.6) is 5.75 Å². The van der Waals surface area contributed by atoms with Gasteiger partial charge in [-0.1, -0.05) is 78.1 Å². The summed E-state index contributed by atoms with van der Waals surface area (Å²) in [5, 5.41) is 0. The van der Waals surface area contributed by atoms with Crippen molar-refractivity contribution < 1.29 is 9.53 Å². The van der Waals surface area contributed by atoms with Gasteiger partial charge in [-0.25, -0.2) is 0 Å². The minimum absolute atomic E-state index is 0.147. The molecule has 1 aromatic carbocycles. The second-order valence-corrected chi connectivity index (χ2v) is 8.07. The van der Waals surface area contributed by atoms with E-state index in [2.05, 4.69) is 23.8 Å². The van der Waals surface area contributed by atoms with Crippen LogP contribution in [0.1, 0.15) is 96.6 Å². The Balaban J connectivity index is 1.61. The summed E-state index contributed by atoms with van der Waals surface area (Å²) in [7, 11) is 0. The normalized spacial score (nSPS) is 10.9. The molecule has 2 aromatic rings. The lowest BCUT2D eigenvalue weighted by Crippen LogP contribution is -2.07. The van der Waals surface area contributed by atoms with Crippen LogP contribution in [0.4, 0.5) is 0 Å². The molecule has 30 heavy (non-hydrogen) atoms. The Morgan fingerprint density at radius 3 is 1.97 bits per heavy atom. The van der Waals surface area contributed by atoms with Crippen molar-refractivity contribution in [2.24, 2.45) is 0 Å². The highest BCUT2D eigenvalue weighted by atomic mass is 16.5. The Morgan fingerprint density at radius 1 is 0.767 bits per heavy atom. The Hall–Kier alpha value is -2.23. The number of carbonyl (C=O) groups is 1. The molecular formula is C26H38N2O2. The highest BCUT2D eigenvalue weighted by molar-refractivity contribution is 5.72. The van der Waals surface area contributed by atoms with Gasteiger partial charge >= 0.3 is 5.97 Å². The smallest absolute Gasteiger partial charge is 0.311 e. The molecule has 0 unspecified atom stereocenters. The van der Waals surface area contributed by atoms with Gasteiger partial charge in [-0.3, -0.25) is 14.8 Å². The van der Waals surface area contributed by atoms with Crippen molar-refractivity contribution in [3.05, 3.63) is 42.4 Å². The monoisotopic (exact) mass is 410 g/mol. The van der Waals surface area contributed by atoms with Crippen LogP contribution in [0.15, 0.2) is 36.7 Å². The molecule has 0 aliphatic heterocycles. The summed E-state index contributed by atoms with van der Waals surface area (Å²) < 4.78 is 5.46. The molecule has 0 N–H and O–H groups in total. The van der Waals surface area contributed by atoms with Gasteiger partial charge in [-0.05, 0) is 37.1 Å². The van der Waals surface area contributed by atoms with Crippen LogP contribution < -0.4 is 4.74 Å². The number of unbranched alkanes of at least 4 members (excludes halogenated alkanes) is 9. The zero-order valence-corrected chi connectivity index (χ0v) is 18.9. The van der Waals surface area contributed by atoms with E-state index in [0.29, 0.717) is 12.2 Å². The molecule has 0 saturated carbocycles. The lowest BCUT2D eigenvalue weighted by Gasteiger charge is -2.06. The Bertz CT molecular complexity index is 711. The molecule has 0 spiro atoms. The number of ether oxygens (including phenoxy) is 1. The zero-order valence-electron chi connectivity index (χ0n) is 18.9. The maximum atomic E-state index is 12.1. The van der Waals surface area contributed by atoms with Crippen LogP contribution in [0.3, 0.4) is 0 Å². The SMILES string of the molecule is CCCCCCCCCCCCC(=O)Oc1ccc(-c2cnc(CCC)cn2)cc1. The first-order valence-corrected chi connectivity index (χ1v) is 11.8. The zero-order chi connectivity index (χ0) is 21.4. The van der Waals surface area contributed by atoms with Gasteiger partial charge in [0.1, 0.15) is 5.75 Å². The lowest BCUT2D eigenvalue weighted by molar-refractivity contribution is -0.134. The molecule has 0 amide bonds. The summed E-state index contributed by atoms with van der Waals surface area (Å²) in [5.74, 6) is 0.442. The first-order valence-electron chi connectivity index (χ1n) is 11.8. The van der Waals surface area contributed by atoms with Crippen LogP contribution in [-0.2, 0) is 11.2 Å². The maximum absolute atomic E-state index is 12.1. The van der Waals surface area contributed by atoms with Gasteiger partial charge in [-0.2, -0.15) is 0 Å². The van der Waals surface area contributed by atoms with Crippen LogP contribution in [0, 0.1) is 0 Å². The number of aryl methyl sites for hydroxylation is 1. The number of hydrogen-bond acceptors (Lipinski definition) is 4. The fourth-order valence-corrected chi connectivity index (χ4v) is 3.52. The predicted molar refractivity (Wildman–Crippen MR) is 124 cm³/mol. The maximum Gasteiger partial charge on any atom is 0.311 e. The highest BCUT2D eigenvalue weighted by Crippen LogP contribution is 2.21. The van der Waals surface area contributed by atoms with E-state index >= 15 is 0 Å². The fourth-order valence-electron chi connectivity index (χ4n) is 3.52. The van der Waals surface area contributed by atoms with Gasteiger partial charge in [0.2, 0.25) is 0 Å². The number of carbonyl (C=O) groups excluding carboxylic acids is 1. The second kappa shape index (κ2) is 14.7. The molecule has 0 saturated heterocycles. The number of benzene rings is 1. The van der Waals surface area contributed by atoms with Gasteiger partial charge < -0.3 is 4.74 Å². The van der Waals surface area contributed by atoms with E-state index in [-0.39, 0.29) is 5.97 Å². The third kappa shape index (κ3) is 9.51. The largest absolute Gasteiger partial charge is 0.427 e. The molecule has 0 aliphatic rings. The Labute approximate surface area is 182 Å². The van der Waals surface area contributed by atoms with Crippen molar-refractivity contribution in [2.75, 3.05) is 0 Å². The summed E-state index contributed by atoms with van der Waals surface area (Å²) in [5.41, 5.74) is 2.82. The molecule has 0 atom stereocenters. The average molecular weight is 411 g/mol. The number of aromatic nitrogens is 2. The molecule has 164 valence electrons. The van der Waals surface area contributed by atoms with Gasteiger partial charge in [0, 0.05) is 18.2 Å². The third-order valence-corrected chi connectivity index (χ3v) is 5.33. The molecule has 0 fully saturated rings. The number of esters is 1. The molecule has 1 heterocycles. The molecule has 4 heteroatoms. The minimum Gasteiger partial charge on any atom is -0.427 e. The van der Waals surface area contributed by atoms with E-state index in [1.54, 1.807) is 6.20 Å². The van der Waals surface area contributed by atoms with Crippen LogP contribution >= 0.6 is 0 Å². The molecule has 1 aromatic heterocycles. The first-order chi connectivity index (χ1) is 14.7. The number of nitrogens with zero attached hydrogens (tertiary/aromatic N) is 2. The molecule has 4 nitrogen and oxygen atoms in total. The van der Waals surface area contributed by atoms with Crippen molar-refractivity contribution >= 4 is 5.97 Å². The quantitative estimate of drug-likeness (QED) is 0.175. The summed E-state index contributed by atoms with van der Waals surface area (Å²) in [6, 6.07) is 7.50. The third-order valence-electron chi connectivity index (χ3n) is 5.33. The van der Waals surface area contributed by atoms with Crippen molar-refractivity contribution in [2.45, 2.75) is 97.3 Å². The van der Waals surface area contributed by atoms with Crippen molar-refractivity contribution in [1.29, 1.82) is 0 Å². The fraction of sp³-hybridized carbons (Fsp3) is 0.577. The van der Waals surface area contributed by atoms with E-state index in [1.807, 2.05) is 30.5 Å². The lowest BCUT2D eigenvalue weighted by atomic mass is 10.1. The number of rotatable bonds is 15. The summed E-state index contributed by atoms with van der Waals surface area (Å²) in [4.78, 5) is 21.0. The standard InChI is InChI=1S/C26H38N2O2/c1-3-5-6-7-8-9-10-11-12-13-15-26(29)30-24-18-16-22(17-19-24)25-21-27-23(14-4-2)20-28-25/h16-21H,3-15H2,1-2H3. The highest BCUT2D eigenvalue weighted by Gasteiger charge is 2.06. The predicted octanol–water partition coefficient (Wildman–Crippen LogP) is 7.31. The van der Waals surface area contributed by atoms with Crippen LogP contribution in [-0.4, -0.2) is 15.9 Å². The van der Waals surface area contributed by atoms with E-state index in [9.17, 15) is 4.79 Å². The van der Waals surface area contributed by atoms with E-state index in [1.165, 1.54) is 51.4 Å². The Morgan fingerprint density at radius 2 is 1.40 bits per heavy atom. The van der Waals surface area contributed by atoms with E-state index < -0.39 is 0 Å². The summed E-state index contributed by atoms with van der Waals surface area (Å²) >= 11 is 0. The summed E-state index contributed by atoms with van der Waals surface area (Å²) in [6.07, 6.45) is 18.7. The van der Waals surface area contributed by atoms with Crippen LogP contribution in [0.25, 0.3) is 11.3 Å². The molecule has 0 bridgehead atoms. The molecule has 0 aliphatic carbocycles. The Kier molecular flexibility index (Phi) is 11.8. The molecule has 0 radical (unpaired) electrons. The average Bonchev–Trinajstić information content (AvgIpc) is 2.76. The van der Waals surface area contributed by atoms with Gasteiger partial charge in [-0.15, -0.1) is 0 Å². The number of hydrogen-bond donors (Lipinski definition) is 0. The summed E-state index contributed by atoms with van der Waals surface area (Å²) in [6.45, 7) is 4.38. The second-order valence-electron chi connectivity index (χ2n) is 8.07. The van der Waals surface area contributed by atoms with Crippen molar-refractivity contribution in [1.82, 2.24) is 9.97 Å².